The summed E-state index contributed by atoms with van der Waals surface area (Å²) in [5, 5.41) is 3.43. The van der Waals surface area contributed by atoms with E-state index in [9.17, 15) is 4.39 Å². The Kier molecular flexibility index (Phi) is 3.53. The van der Waals surface area contributed by atoms with Gasteiger partial charge in [-0.1, -0.05) is 13.8 Å². The molecule has 2 rings (SSSR count). The third kappa shape index (κ3) is 2.57. The Balaban J connectivity index is 1.89. The van der Waals surface area contributed by atoms with Crippen LogP contribution in [0.15, 0.2) is 22.7 Å². The van der Waals surface area contributed by atoms with Crippen molar-refractivity contribution in [2.45, 2.75) is 32.7 Å². The lowest BCUT2D eigenvalue weighted by molar-refractivity contribution is 0.212. The molecule has 0 aliphatic heterocycles. The standard InChI is InChI=1S/C13H17BrFN/c1-8(2)9-5-11(6-9)16-10-3-4-13(15)12(14)7-10/h3-4,7-9,11,16H,5-6H2,1-2H3. The number of rotatable bonds is 3. The van der Waals surface area contributed by atoms with Crippen LogP contribution in [0.25, 0.3) is 0 Å². The maximum atomic E-state index is 13.0. The van der Waals surface area contributed by atoms with Crippen molar-refractivity contribution >= 4 is 21.6 Å². The zero-order valence-electron chi connectivity index (χ0n) is 9.63. The first-order chi connectivity index (χ1) is 7.56. The van der Waals surface area contributed by atoms with Gasteiger partial charge in [-0.25, -0.2) is 4.39 Å². The minimum atomic E-state index is -0.209. The summed E-state index contributed by atoms with van der Waals surface area (Å²) in [6.07, 6.45) is 2.46. The summed E-state index contributed by atoms with van der Waals surface area (Å²) < 4.78 is 13.6. The fourth-order valence-corrected chi connectivity index (χ4v) is 2.52. The molecule has 0 radical (unpaired) electrons. The number of hydrogen-bond acceptors (Lipinski definition) is 1. The highest BCUT2D eigenvalue weighted by atomic mass is 79.9. The molecule has 0 spiro atoms. The van der Waals surface area contributed by atoms with E-state index in [1.165, 1.54) is 18.9 Å². The minimum absolute atomic E-state index is 0.209. The van der Waals surface area contributed by atoms with E-state index in [1.54, 1.807) is 12.1 Å². The van der Waals surface area contributed by atoms with Crippen LogP contribution in [0.3, 0.4) is 0 Å². The van der Waals surface area contributed by atoms with E-state index in [0.717, 1.165) is 17.5 Å². The highest BCUT2D eigenvalue weighted by Crippen LogP contribution is 2.35. The molecule has 0 unspecified atom stereocenters. The van der Waals surface area contributed by atoms with Crippen molar-refractivity contribution in [3.63, 3.8) is 0 Å². The normalized spacial score (nSPS) is 24.3. The average Bonchev–Trinajstić information content (AvgIpc) is 2.15. The SMILES string of the molecule is CC(C)C1CC(Nc2ccc(F)c(Br)c2)C1. The molecule has 16 heavy (non-hydrogen) atoms. The van der Waals surface area contributed by atoms with Gasteiger partial charge in [-0.3, -0.25) is 0 Å². The van der Waals surface area contributed by atoms with Crippen LogP contribution in [0.2, 0.25) is 0 Å². The molecule has 0 amide bonds. The molecular weight excluding hydrogens is 269 g/mol. The van der Waals surface area contributed by atoms with Crippen LogP contribution >= 0.6 is 15.9 Å². The molecule has 0 saturated heterocycles. The summed E-state index contributed by atoms with van der Waals surface area (Å²) >= 11 is 3.20. The monoisotopic (exact) mass is 285 g/mol. The second-order valence-electron chi connectivity index (χ2n) is 4.95. The average molecular weight is 286 g/mol. The maximum Gasteiger partial charge on any atom is 0.137 e. The molecule has 0 atom stereocenters. The predicted octanol–water partition coefficient (Wildman–Crippen LogP) is 4.43. The summed E-state index contributed by atoms with van der Waals surface area (Å²) in [4.78, 5) is 0. The Morgan fingerprint density at radius 3 is 2.62 bits per heavy atom. The zero-order valence-corrected chi connectivity index (χ0v) is 11.2. The van der Waals surface area contributed by atoms with Gasteiger partial charge >= 0.3 is 0 Å². The Hall–Kier alpha value is -0.570. The van der Waals surface area contributed by atoms with E-state index < -0.39 is 0 Å². The lowest BCUT2D eigenvalue weighted by atomic mass is 9.73. The largest absolute Gasteiger partial charge is 0.382 e. The van der Waals surface area contributed by atoms with Gasteiger partial charge in [0.2, 0.25) is 0 Å². The molecule has 1 nitrogen and oxygen atoms in total. The number of benzene rings is 1. The minimum Gasteiger partial charge on any atom is -0.382 e. The fourth-order valence-electron chi connectivity index (χ4n) is 2.15. The highest BCUT2D eigenvalue weighted by molar-refractivity contribution is 9.10. The molecule has 1 fully saturated rings. The summed E-state index contributed by atoms with van der Waals surface area (Å²) in [7, 11) is 0. The van der Waals surface area contributed by atoms with Gasteiger partial charge in [-0.15, -0.1) is 0 Å². The predicted molar refractivity (Wildman–Crippen MR) is 69.1 cm³/mol. The summed E-state index contributed by atoms with van der Waals surface area (Å²) in [6, 6.07) is 5.65. The molecule has 1 N–H and O–H groups in total. The Morgan fingerprint density at radius 1 is 1.38 bits per heavy atom. The topological polar surface area (TPSA) is 12.0 Å². The molecule has 3 heteroatoms. The van der Waals surface area contributed by atoms with Gasteiger partial charge in [0, 0.05) is 11.7 Å². The van der Waals surface area contributed by atoms with Gasteiger partial charge in [0.05, 0.1) is 4.47 Å². The van der Waals surface area contributed by atoms with Crippen LogP contribution in [0.5, 0.6) is 0 Å². The van der Waals surface area contributed by atoms with Crippen molar-refractivity contribution in [2.75, 3.05) is 5.32 Å². The van der Waals surface area contributed by atoms with E-state index in [4.69, 9.17) is 0 Å². The lowest BCUT2D eigenvalue weighted by Crippen LogP contribution is -2.37. The highest BCUT2D eigenvalue weighted by Gasteiger charge is 2.30. The fraction of sp³-hybridized carbons (Fsp3) is 0.538. The molecule has 0 bridgehead atoms. The van der Waals surface area contributed by atoms with Gasteiger partial charge in [0.1, 0.15) is 5.82 Å². The first kappa shape index (κ1) is 11.9. The van der Waals surface area contributed by atoms with Gasteiger partial charge in [-0.05, 0) is 58.8 Å². The smallest absolute Gasteiger partial charge is 0.137 e. The molecule has 0 aromatic heterocycles. The molecule has 0 heterocycles. The zero-order chi connectivity index (χ0) is 11.7. The Labute approximate surface area is 105 Å². The maximum absolute atomic E-state index is 13.0. The molecular formula is C13H17BrFN. The van der Waals surface area contributed by atoms with Gasteiger partial charge in [-0.2, -0.15) is 0 Å². The van der Waals surface area contributed by atoms with Crippen molar-refractivity contribution in [3.8, 4) is 0 Å². The molecule has 1 saturated carbocycles. The third-order valence-corrected chi connectivity index (χ3v) is 4.02. The van der Waals surface area contributed by atoms with E-state index in [1.807, 2.05) is 0 Å². The molecule has 1 aromatic carbocycles. The lowest BCUT2D eigenvalue weighted by Gasteiger charge is -2.39. The quantitative estimate of drug-likeness (QED) is 0.866. The van der Waals surface area contributed by atoms with Crippen molar-refractivity contribution in [1.82, 2.24) is 0 Å². The number of hydrogen-bond donors (Lipinski definition) is 1. The third-order valence-electron chi connectivity index (χ3n) is 3.41. The summed E-state index contributed by atoms with van der Waals surface area (Å²) in [6.45, 7) is 4.55. The van der Waals surface area contributed by atoms with Gasteiger partial charge < -0.3 is 5.32 Å². The van der Waals surface area contributed by atoms with E-state index in [2.05, 4.69) is 35.1 Å². The first-order valence-electron chi connectivity index (χ1n) is 5.78. The second kappa shape index (κ2) is 4.74. The number of halogens is 2. The first-order valence-corrected chi connectivity index (χ1v) is 6.57. The van der Waals surface area contributed by atoms with Crippen molar-refractivity contribution in [1.29, 1.82) is 0 Å². The van der Waals surface area contributed by atoms with Crippen molar-refractivity contribution < 1.29 is 4.39 Å². The van der Waals surface area contributed by atoms with Crippen LogP contribution in [0, 0.1) is 17.7 Å². The van der Waals surface area contributed by atoms with Crippen LogP contribution in [0.1, 0.15) is 26.7 Å². The Bertz CT molecular complexity index is 372. The second-order valence-corrected chi connectivity index (χ2v) is 5.80. The van der Waals surface area contributed by atoms with E-state index in [0.29, 0.717) is 10.5 Å². The van der Waals surface area contributed by atoms with Crippen LogP contribution < -0.4 is 5.32 Å². The van der Waals surface area contributed by atoms with Gasteiger partial charge in [0.25, 0.3) is 0 Å². The summed E-state index contributed by atoms with van der Waals surface area (Å²) in [5.74, 6) is 1.42. The van der Waals surface area contributed by atoms with Crippen molar-refractivity contribution in [2.24, 2.45) is 11.8 Å². The molecule has 1 aliphatic rings. The molecule has 88 valence electrons. The molecule has 1 aromatic rings. The van der Waals surface area contributed by atoms with E-state index >= 15 is 0 Å². The Morgan fingerprint density at radius 2 is 2.06 bits per heavy atom. The summed E-state index contributed by atoms with van der Waals surface area (Å²) in [5.41, 5.74) is 1.00. The van der Waals surface area contributed by atoms with Crippen LogP contribution in [-0.4, -0.2) is 6.04 Å². The van der Waals surface area contributed by atoms with Crippen LogP contribution in [0.4, 0.5) is 10.1 Å². The van der Waals surface area contributed by atoms with Gasteiger partial charge in [0.15, 0.2) is 0 Å². The van der Waals surface area contributed by atoms with E-state index in [-0.39, 0.29) is 5.82 Å². The number of anilines is 1. The van der Waals surface area contributed by atoms with Crippen LogP contribution in [-0.2, 0) is 0 Å². The molecule has 1 aliphatic carbocycles. The van der Waals surface area contributed by atoms with Crippen molar-refractivity contribution in [3.05, 3.63) is 28.5 Å². The number of nitrogens with one attached hydrogen (secondary N) is 1.